The van der Waals surface area contributed by atoms with Crippen LogP contribution in [0.1, 0.15) is 11.5 Å². The average Bonchev–Trinajstić information content (AvgIpc) is 3.00. The summed E-state index contributed by atoms with van der Waals surface area (Å²) in [6, 6.07) is 11.3. The molecule has 1 saturated heterocycles. The molecule has 0 spiro atoms. The SMILES string of the molecule is Cc1ccc(/C=C2/SC(=Nc3ccc(Br)cc3)NC2=O)o1. The van der Waals surface area contributed by atoms with Gasteiger partial charge in [0.25, 0.3) is 5.91 Å². The molecule has 1 fully saturated rings. The number of amidine groups is 1. The van der Waals surface area contributed by atoms with E-state index in [1.54, 1.807) is 6.08 Å². The highest BCUT2D eigenvalue weighted by atomic mass is 79.9. The van der Waals surface area contributed by atoms with Crippen LogP contribution in [0.3, 0.4) is 0 Å². The van der Waals surface area contributed by atoms with Crippen LogP contribution in [-0.4, -0.2) is 11.1 Å². The fourth-order valence-corrected chi connectivity index (χ4v) is 2.86. The lowest BCUT2D eigenvalue weighted by Crippen LogP contribution is -2.19. The Kier molecular flexibility index (Phi) is 3.98. The Balaban J connectivity index is 1.81. The molecule has 0 aliphatic carbocycles. The lowest BCUT2D eigenvalue weighted by molar-refractivity contribution is -0.115. The first kappa shape index (κ1) is 14.2. The van der Waals surface area contributed by atoms with E-state index in [1.807, 2.05) is 43.3 Å². The molecule has 1 aliphatic rings. The molecule has 1 aromatic heterocycles. The lowest BCUT2D eigenvalue weighted by Gasteiger charge is -1.96. The molecule has 6 heteroatoms. The van der Waals surface area contributed by atoms with Crippen LogP contribution in [0.15, 0.2) is 55.2 Å². The second kappa shape index (κ2) is 5.91. The second-order valence-electron chi connectivity index (χ2n) is 4.41. The van der Waals surface area contributed by atoms with Gasteiger partial charge >= 0.3 is 0 Å². The summed E-state index contributed by atoms with van der Waals surface area (Å²) >= 11 is 4.67. The summed E-state index contributed by atoms with van der Waals surface area (Å²) < 4.78 is 6.43. The van der Waals surface area contributed by atoms with E-state index >= 15 is 0 Å². The van der Waals surface area contributed by atoms with E-state index in [9.17, 15) is 4.79 Å². The highest BCUT2D eigenvalue weighted by Crippen LogP contribution is 2.28. The number of nitrogens with zero attached hydrogens (tertiary/aromatic N) is 1. The number of amides is 1. The predicted molar refractivity (Wildman–Crippen MR) is 88.4 cm³/mol. The van der Waals surface area contributed by atoms with Gasteiger partial charge in [-0.25, -0.2) is 4.99 Å². The Morgan fingerprint density at radius 1 is 1.24 bits per heavy atom. The molecular weight excluding hydrogens is 352 g/mol. The van der Waals surface area contributed by atoms with Gasteiger partial charge < -0.3 is 9.73 Å². The molecule has 2 heterocycles. The molecule has 1 aromatic carbocycles. The van der Waals surface area contributed by atoms with Crippen LogP contribution in [0.25, 0.3) is 6.08 Å². The summed E-state index contributed by atoms with van der Waals surface area (Å²) in [4.78, 5) is 16.9. The van der Waals surface area contributed by atoms with E-state index in [2.05, 4.69) is 26.2 Å². The van der Waals surface area contributed by atoms with E-state index in [0.717, 1.165) is 15.9 Å². The highest BCUT2D eigenvalue weighted by molar-refractivity contribution is 9.10. The number of rotatable bonds is 2. The molecule has 106 valence electrons. The number of halogens is 1. The standard InChI is InChI=1S/C15H11BrN2O2S/c1-9-2-7-12(20-9)8-13-14(19)18-15(21-13)17-11-5-3-10(16)4-6-11/h2-8H,1H3,(H,17,18,19)/b13-8+. The first-order valence-electron chi connectivity index (χ1n) is 6.22. The Bertz CT molecular complexity index is 747. The monoisotopic (exact) mass is 362 g/mol. The van der Waals surface area contributed by atoms with Gasteiger partial charge in [-0.15, -0.1) is 0 Å². The van der Waals surface area contributed by atoms with Crippen molar-refractivity contribution in [2.75, 3.05) is 0 Å². The summed E-state index contributed by atoms with van der Waals surface area (Å²) in [5.41, 5.74) is 0.788. The minimum absolute atomic E-state index is 0.162. The van der Waals surface area contributed by atoms with E-state index in [0.29, 0.717) is 15.8 Å². The first-order chi connectivity index (χ1) is 10.1. The van der Waals surface area contributed by atoms with Crippen molar-refractivity contribution in [3.63, 3.8) is 0 Å². The Morgan fingerprint density at radius 2 is 2.00 bits per heavy atom. The predicted octanol–water partition coefficient (Wildman–Crippen LogP) is 4.24. The number of aryl methyl sites for hydroxylation is 1. The summed E-state index contributed by atoms with van der Waals surface area (Å²) in [5.74, 6) is 1.31. The molecule has 0 unspecified atom stereocenters. The van der Waals surface area contributed by atoms with Crippen molar-refractivity contribution in [2.45, 2.75) is 6.92 Å². The van der Waals surface area contributed by atoms with Gasteiger partial charge in [0.2, 0.25) is 0 Å². The van der Waals surface area contributed by atoms with Gasteiger partial charge in [0.15, 0.2) is 5.17 Å². The molecule has 0 bridgehead atoms. The van der Waals surface area contributed by atoms with Crippen LogP contribution < -0.4 is 5.32 Å². The second-order valence-corrected chi connectivity index (χ2v) is 6.35. The number of thioether (sulfide) groups is 1. The molecular formula is C15H11BrN2O2S. The van der Waals surface area contributed by atoms with Gasteiger partial charge in [-0.3, -0.25) is 4.79 Å². The van der Waals surface area contributed by atoms with Gasteiger partial charge in [0.05, 0.1) is 10.6 Å². The van der Waals surface area contributed by atoms with Crippen LogP contribution in [0.4, 0.5) is 5.69 Å². The Morgan fingerprint density at radius 3 is 2.67 bits per heavy atom. The summed E-state index contributed by atoms with van der Waals surface area (Å²) in [6.07, 6.45) is 1.72. The maximum absolute atomic E-state index is 11.9. The van der Waals surface area contributed by atoms with Crippen LogP contribution >= 0.6 is 27.7 Å². The van der Waals surface area contributed by atoms with Crippen LogP contribution in [0, 0.1) is 6.92 Å². The van der Waals surface area contributed by atoms with Crippen molar-refractivity contribution < 1.29 is 9.21 Å². The quantitative estimate of drug-likeness (QED) is 0.812. The van der Waals surface area contributed by atoms with Crippen LogP contribution in [0.5, 0.6) is 0 Å². The number of hydrogen-bond donors (Lipinski definition) is 1. The topological polar surface area (TPSA) is 54.6 Å². The van der Waals surface area contributed by atoms with Crippen molar-refractivity contribution in [2.24, 2.45) is 4.99 Å². The fourth-order valence-electron chi connectivity index (χ4n) is 1.77. The Hall–Kier alpha value is -1.79. The van der Waals surface area contributed by atoms with Crippen LogP contribution in [-0.2, 0) is 4.79 Å². The molecule has 0 atom stereocenters. The number of carbonyl (C=O) groups is 1. The number of furan rings is 1. The smallest absolute Gasteiger partial charge is 0.264 e. The van der Waals surface area contributed by atoms with E-state index in [1.165, 1.54) is 11.8 Å². The number of aliphatic imine (C=N–C) groups is 1. The van der Waals surface area contributed by atoms with Crippen molar-refractivity contribution in [1.29, 1.82) is 0 Å². The third-order valence-electron chi connectivity index (χ3n) is 2.74. The largest absolute Gasteiger partial charge is 0.462 e. The zero-order chi connectivity index (χ0) is 14.8. The maximum atomic E-state index is 11.9. The molecule has 1 amide bonds. The zero-order valence-corrected chi connectivity index (χ0v) is 13.5. The van der Waals surface area contributed by atoms with Crippen molar-refractivity contribution in [3.05, 3.63) is 57.3 Å². The summed E-state index contributed by atoms with van der Waals surface area (Å²) in [7, 11) is 0. The third-order valence-corrected chi connectivity index (χ3v) is 4.18. The van der Waals surface area contributed by atoms with E-state index < -0.39 is 0 Å². The molecule has 1 N–H and O–H groups in total. The van der Waals surface area contributed by atoms with Crippen molar-refractivity contribution >= 4 is 50.5 Å². The Labute approximate surface area is 134 Å². The van der Waals surface area contributed by atoms with Gasteiger partial charge in [-0.05, 0) is 55.1 Å². The van der Waals surface area contributed by atoms with Crippen molar-refractivity contribution in [3.8, 4) is 0 Å². The normalized spacial score (nSPS) is 18.5. The highest BCUT2D eigenvalue weighted by Gasteiger charge is 2.24. The average molecular weight is 363 g/mol. The van der Waals surface area contributed by atoms with E-state index in [-0.39, 0.29) is 5.91 Å². The minimum atomic E-state index is -0.162. The molecule has 3 rings (SSSR count). The summed E-state index contributed by atoms with van der Waals surface area (Å²) in [5, 5.41) is 3.31. The van der Waals surface area contributed by atoms with Gasteiger partial charge in [0.1, 0.15) is 11.5 Å². The summed E-state index contributed by atoms with van der Waals surface area (Å²) in [6.45, 7) is 1.87. The molecule has 4 nitrogen and oxygen atoms in total. The zero-order valence-electron chi connectivity index (χ0n) is 11.1. The lowest BCUT2D eigenvalue weighted by atomic mass is 10.3. The first-order valence-corrected chi connectivity index (χ1v) is 7.83. The molecule has 1 aliphatic heterocycles. The fraction of sp³-hybridized carbons (Fsp3) is 0.0667. The minimum Gasteiger partial charge on any atom is -0.462 e. The number of carbonyl (C=O) groups excluding carboxylic acids is 1. The van der Waals surface area contributed by atoms with Crippen LogP contribution in [0.2, 0.25) is 0 Å². The molecule has 0 radical (unpaired) electrons. The molecule has 21 heavy (non-hydrogen) atoms. The molecule has 0 saturated carbocycles. The van der Waals surface area contributed by atoms with E-state index in [4.69, 9.17) is 4.42 Å². The van der Waals surface area contributed by atoms with Gasteiger partial charge in [-0.2, -0.15) is 0 Å². The third kappa shape index (κ3) is 3.46. The van der Waals surface area contributed by atoms with Gasteiger partial charge in [0, 0.05) is 10.5 Å². The number of hydrogen-bond acceptors (Lipinski definition) is 4. The van der Waals surface area contributed by atoms with Gasteiger partial charge in [-0.1, -0.05) is 15.9 Å². The van der Waals surface area contributed by atoms with Crippen molar-refractivity contribution in [1.82, 2.24) is 5.32 Å². The molecule has 2 aromatic rings. The number of nitrogens with one attached hydrogen (secondary N) is 1. The number of benzene rings is 1. The maximum Gasteiger partial charge on any atom is 0.264 e.